The van der Waals surface area contributed by atoms with E-state index < -0.39 is 11.5 Å². The van der Waals surface area contributed by atoms with Gasteiger partial charge >= 0.3 is 0 Å². The maximum Gasteiger partial charge on any atom is 0.264 e. The van der Waals surface area contributed by atoms with Gasteiger partial charge in [-0.25, -0.2) is 0 Å². The molecule has 1 heterocycles. The van der Waals surface area contributed by atoms with Crippen LogP contribution in [0.5, 0.6) is 5.75 Å². The van der Waals surface area contributed by atoms with Crippen molar-refractivity contribution in [1.29, 1.82) is 0 Å². The fraction of sp³-hybridized carbons (Fsp3) is 0.278. The molecule has 1 amide bonds. The van der Waals surface area contributed by atoms with Gasteiger partial charge in [0.25, 0.3) is 5.91 Å². The molecule has 1 atom stereocenters. The van der Waals surface area contributed by atoms with Gasteiger partial charge in [-0.3, -0.25) is 4.79 Å². The van der Waals surface area contributed by atoms with Crippen molar-refractivity contribution in [3.05, 3.63) is 59.7 Å². The predicted octanol–water partition coefficient (Wildman–Crippen LogP) is 1.81. The largest absolute Gasteiger partial charge is 0.497 e. The molecule has 5 heteroatoms. The number of rotatable bonds is 5. The highest BCUT2D eigenvalue weighted by Gasteiger charge is 2.48. The number of carbonyl (C=O) groups excluding carboxylic acids is 1. The summed E-state index contributed by atoms with van der Waals surface area (Å²) >= 11 is 0. The number of benzene rings is 2. The molecule has 3 rings (SSSR count). The average Bonchev–Trinajstić information content (AvgIpc) is 2.78. The predicted molar refractivity (Wildman–Crippen MR) is 86.2 cm³/mol. The zero-order valence-electron chi connectivity index (χ0n) is 12.9. The van der Waals surface area contributed by atoms with Gasteiger partial charge < -0.3 is 19.8 Å². The van der Waals surface area contributed by atoms with Crippen molar-refractivity contribution in [1.82, 2.24) is 0 Å². The number of aliphatic hydroxyl groups is 2. The lowest BCUT2D eigenvalue weighted by atomic mass is 9.92. The van der Waals surface area contributed by atoms with Gasteiger partial charge in [0, 0.05) is 18.6 Å². The maximum absolute atomic E-state index is 12.7. The van der Waals surface area contributed by atoms with Crippen LogP contribution in [-0.4, -0.2) is 29.8 Å². The first-order valence-corrected chi connectivity index (χ1v) is 7.48. The van der Waals surface area contributed by atoms with Crippen LogP contribution in [0.25, 0.3) is 0 Å². The van der Waals surface area contributed by atoms with Crippen LogP contribution in [-0.2, 0) is 16.9 Å². The van der Waals surface area contributed by atoms with Crippen LogP contribution in [0.1, 0.15) is 17.5 Å². The van der Waals surface area contributed by atoms with E-state index in [9.17, 15) is 15.0 Å². The third-order valence-electron chi connectivity index (χ3n) is 4.21. The molecule has 1 aliphatic rings. The maximum atomic E-state index is 12.7. The number of anilines is 1. The van der Waals surface area contributed by atoms with Gasteiger partial charge in [-0.05, 0) is 23.8 Å². The normalized spacial score (nSPS) is 19.8. The second-order valence-electron chi connectivity index (χ2n) is 5.59. The lowest BCUT2D eigenvalue weighted by Gasteiger charge is -2.22. The Hall–Kier alpha value is -2.37. The minimum Gasteiger partial charge on any atom is -0.497 e. The van der Waals surface area contributed by atoms with Gasteiger partial charge in [0.05, 0.1) is 19.3 Å². The third-order valence-corrected chi connectivity index (χ3v) is 4.21. The smallest absolute Gasteiger partial charge is 0.264 e. The number of hydrogen-bond donors (Lipinski definition) is 2. The van der Waals surface area contributed by atoms with E-state index in [-0.39, 0.29) is 13.0 Å². The number of aliphatic hydroxyl groups excluding tert-OH is 1. The van der Waals surface area contributed by atoms with E-state index in [1.165, 1.54) is 0 Å². The van der Waals surface area contributed by atoms with Crippen LogP contribution in [0.3, 0.4) is 0 Å². The number of hydrogen-bond acceptors (Lipinski definition) is 4. The number of amides is 1. The monoisotopic (exact) mass is 313 g/mol. The van der Waals surface area contributed by atoms with Gasteiger partial charge in [-0.15, -0.1) is 0 Å². The summed E-state index contributed by atoms with van der Waals surface area (Å²) in [5, 5.41) is 20.0. The molecule has 0 spiro atoms. The Morgan fingerprint density at radius 2 is 1.83 bits per heavy atom. The molecule has 5 nitrogen and oxygen atoms in total. The molecule has 0 saturated carbocycles. The number of methoxy groups -OCH3 is 1. The average molecular weight is 313 g/mol. The fourth-order valence-electron chi connectivity index (χ4n) is 2.98. The van der Waals surface area contributed by atoms with Crippen molar-refractivity contribution in [3.8, 4) is 5.75 Å². The molecule has 0 aromatic heterocycles. The fourth-order valence-corrected chi connectivity index (χ4v) is 2.98. The summed E-state index contributed by atoms with van der Waals surface area (Å²) in [6, 6.07) is 14.6. The summed E-state index contributed by atoms with van der Waals surface area (Å²) in [4.78, 5) is 14.3. The topological polar surface area (TPSA) is 70.0 Å². The minimum atomic E-state index is -1.65. The molecule has 0 aliphatic carbocycles. The quantitative estimate of drug-likeness (QED) is 0.883. The Balaban J connectivity index is 1.94. The van der Waals surface area contributed by atoms with E-state index in [0.29, 0.717) is 17.8 Å². The van der Waals surface area contributed by atoms with E-state index in [0.717, 1.165) is 11.3 Å². The van der Waals surface area contributed by atoms with Crippen LogP contribution >= 0.6 is 0 Å². The van der Waals surface area contributed by atoms with Crippen LogP contribution in [0.15, 0.2) is 48.5 Å². The molecular weight excluding hydrogens is 294 g/mol. The molecule has 0 bridgehead atoms. The first kappa shape index (κ1) is 15.5. The van der Waals surface area contributed by atoms with Crippen LogP contribution in [0.2, 0.25) is 0 Å². The number of fused-ring (bicyclic) bond motifs is 1. The van der Waals surface area contributed by atoms with Crippen LogP contribution < -0.4 is 9.64 Å². The highest BCUT2D eigenvalue weighted by atomic mass is 16.5. The molecule has 23 heavy (non-hydrogen) atoms. The standard InChI is InChI=1S/C18H19NO4/c1-23-14-8-6-13(7-9-14)12-19-16-5-3-2-4-15(16)18(22,10-11-20)17(19)21/h2-9,20,22H,10-12H2,1H3/t18-/m1/s1. The Labute approximate surface area is 134 Å². The SMILES string of the molecule is COc1ccc(CN2C(=O)[C@@](O)(CCO)c3ccccc32)cc1. The number of carbonyl (C=O) groups is 1. The second kappa shape index (κ2) is 6.02. The summed E-state index contributed by atoms with van der Waals surface area (Å²) in [7, 11) is 1.60. The van der Waals surface area contributed by atoms with Crippen molar-refractivity contribution in [2.45, 2.75) is 18.6 Å². The third kappa shape index (κ3) is 2.58. The van der Waals surface area contributed by atoms with Gasteiger partial charge in [-0.2, -0.15) is 0 Å². The van der Waals surface area contributed by atoms with Gasteiger partial charge in [0.1, 0.15) is 5.75 Å². The van der Waals surface area contributed by atoms with Gasteiger partial charge in [0.15, 0.2) is 5.60 Å². The molecule has 0 saturated heterocycles. The van der Waals surface area contributed by atoms with Crippen molar-refractivity contribution >= 4 is 11.6 Å². The van der Waals surface area contributed by atoms with Crippen molar-refractivity contribution in [3.63, 3.8) is 0 Å². The molecule has 0 radical (unpaired) electrons. The lowest BCUT2D eigenvalue weighted by molar-refractivity contribution is -0.137. The Bertz CT molecular complexity index is 713. The molecule has 0 fully saturated rings. The number of ether oxygens (including phenoxy) is 1. The van der Waals surface area contributed by atoms with E-state index in [2.05, 4.69) is 0 Å². The summed E-state index contributed by atoms with van der Waals surface area (Å²) in [6.07, 6.45) is -0.0119. The molecular formula is C18H19NO4. The number of nitrogens with zero attached hydrogens (tertiary/aromatic N) is 1. The second-order valence-corrected chi connectivity index (χ2v) is 5.59. The Kier molecular flexibility index (Phi) is 4.07. The van der Waals surface area contributed by atoms with Crippen LogP contribution in [0, 0.1) is 0 Å². The van der Waals surface area contributed by atoms with Crippen molar-refractivity contribution < 1.29 is 19.7 Å². The van der Waals surface area contributed by atoms with Crippen molar-refractivity contribution in [2.24, 2.45) is 0 Å². The molecule has 120 valence electrons. The summed E-state index contributed by atoms with van der Waals surface area (Å²) < 4.78 is 5.13. The zero-order valence-corrected chi connectivity index (χ0v) is 12.9. The van der Waals surface area contributed by atoms with Gasteiger partial charge in [-0.1, -0.05) is 30.3 Å². The van der Waals surface area contributed by atoms with E-state index in [1.54, 1.807) is 24.1 Å². The van der Waals surface area contributed by atoms with Crippen LogP contribution in [0.4, 0.5) is 5.69 Å². The Morgan fingerprint density at radius 1 is 1.13 bits per heavy atom. The summed E-state index contributed by atoms with van der Waals surface area (Å²) in [6.45, 7) is 0.0977. The highest BCUT2D eigenvalue weighted by molar-refractivity contribution is 6.06. The Morgan fingerprint density at radius 3 is 2.48 bits per heavy atom. The molecule has 0 unspecified atom stereocenters. The molecule has 2 aromatic carbocycles. The van der Waals surface area contributed by atoms with E-state index in [1.807, 2.05) is 36.4 Å². The van der Waals surface area contributed by atoms with E-state index in [4.69, 9.17) is 4.74 Å². The van der Waals surface area contributed by atoms with E-state index >= 15 is 0 Å². The lowest BCUT2D eigenvalue weighted by Crippen LogP contribution is -2.40. The molecule has 1 aliphatic heterocycles. The first-order chi connectivity index (χ1) is 11.1. The molecule has 2 aromatic rings. The summed E-state index contributed by atoms with van der Waals surface area (Å²) in [5.41, 5.74) is 0.511. The highest BCUT2D eigenvalue weighted by Crippen LogP contribution is 2.42. The van der Waals surface area contributed by atoms with Crippen molar-refractivity contribution in [2.75, 3.05) is 18.6 Å². The van der Waals surface area contributed by atoms with Gasteiger partial charge in [0.2, 0.25) is 0 Å². The zero-order chi connectivity index (χ0) is 16.4. The summed E-state index contributed by atoms with van der Waals surface area (Å²) in [5.74, 6) is 0.349. The first-order valence-electron chi connectivity index (χ1n) is 7.48. The molecule has 2 N–H and O–H groups in total. The number of para-hydroxylation sites is 1. The minimum absolute atomic E-state index is 0.0119.